The summed E-state index contributed by atoms with van der Waals surface area (Å²) < 4.78 is 0. The fourth-order valence-electron chi connectivity index (χ4n) is 0.588. The van der Waals surface area contributed by atoms with Gasteiger partial charge in [-0.3, -0.25) is 0 Å². The van der Waals surface area contributed by atoms with Crippen molar-refractivity contribution in [3.8, 4) is 0 Å². The summed E-state index contributed by atoms with van der Waals surface area (Å²) in [5.74, 6) is 0.212. The topological polar surface area (TPSA) is 123 Å². The van der Waals surface area contributed by atoms with Crippen molar-refractivity contribution in [3.05, 3.63) is 11.5 Å². The van der Waals surface area contributed by atoms with Crippen LogP contribution in [0.3, 0.4) is 0 Å². The summed E-state index contributed by atoms with van der Waals surface area (Å²) in [5, 5.41) is 11.2. The molecular weight excluding hydrogens is 134 g/mol. The van der Waals surface area contributed by atoms with Crippen LogP contribution in [-0.2, 0) is 0 Å². The average Bonchev–Trinajstić information content (AvgIpc) is 1.82. The minimum atomic E-state index is -1.08. The number of nitrogens with two attached hydrogens (primary N) is 3. The van der Waals surface area contributed by atoms with Crippen LogP contribution >= 0.6 is 0 Å². The Morgan fingerprint density at radius 3 is 2.50 bits per heavy atom. The number of amidine groups is 1. The van der Waals surface area contributed by atoms with Gasteiger partial charge in [-0.15, -0.1) is 0 Å². The Bertz CT molecular complexity index is 208. The van der Waals surface area contributed by atoms with E-state index in [4.69, 9.17) is 22.3 Å². The Kier molecular flexibility index (Phi) is 1.38. The molecule has 1 heterocycles. The monoisotopic (exact) mass is 143 g/mol. The second kappa shape index (κ2) is 2.07. The van der Waals surface area contributed by atoms with Crippen LogP contribution in [0.2, 0.25) is 0 Å². The van der Waals surface area contributed by atoms with E-state index in [0.29, 0.717) is 0 Å². The normalized spacial score (nSPS) is 25.7. The first-order valence-corrected chi connectivity index (χ1v) is 2.64. The zero-order valence-corrected chi connectivity index (χ0v) is 5.20. The molecule has 1 aliphatic rings. The van der Waals surface area contributed by atoms with Crippen molar-refractivity contribution in [1.29, 1.82) is 0 Å². The predicted octanol–water partition coefficient (Wildman–Crippen LogP) is -2.69. The smallest absolute Gasteiger partial charge is 0.226 e. The van der Waals surface area contributed by atoms with Crippen LogP contribution in [0.5, 0.6) is 0 Å². The van der Waals surface area contributed by atoms with Crippen LogP contribution in [-0.4, -0.2) is 17.3 Å². The van der Waals surface area contributed by atoms with Gasteiger partial charge in [-0.05, 0) is 0 Å². The molecule has 1 rings (SSSR count). The third-order valence-corrected chi connectivity index (χ3v) is 1.11. The van der Waals surface area contributed by atoms with Crippen molar-refractivity contribution in [3.63, 3.8) is 0 Å². The molecule has 1 atom stereocenters. The highest BCUT2D eigenvalue weighted by atomic mass is 16.3. The number of nitrogens with zero attached hydrogens (tertiary/aromatic N) is 1. The van der Waals surface area contributed by atoms with Crippen molar-refractivity contribution < 1.29 is 5.11 Å². The van der Waals surface area contributed by atoms with Gasteiger partial charge in [-0.25, -0.2) is 4.99 Å². The van der Waals surface area contributed by atoms with Crippen LogP contribution in [0, 0.1) is 0 Å². The molecule has 10 heavy (non-hydrogen) atoms. The maximum atomic E-state index is 8.82. The second-order valence-corrected chi connectivity index (χ2v) is 1.86. The van der Waals surface area contributed by atoms with E-state index in [1.165, 1.54) is 0 Å². The molecule has 0 bridgehead atoms. The van der Waals surface area contributed by atoms with Crippen LogP contribution < -0.4 is 22.5 Å². The first-order chi connectivity index (χ1) is 4.61. The standard InChI is InChI=1S/C4H9N5O/c5-1-2(6)8-4(10)9-3(1)7/h4,8,10H,5-6H2,(H2,7,9). The Morgan fingerprint density at radius 2 is 2.00 bits per heavy atom. The van der Waals surface area contributed by atoms with Crippen molar-refractivity contribution in [2.24, 2.45) is 22.2 Å². The minimum absolute atomic E-state index is 0.0590. The van der Waals surface area contributed by atoms with Gasteiger partial charge in [0, 0.05) is 0 Å². The molecule has 56 valence electrons. The number of aliphatic hydroxyl groups excluding tert-OH is 1. The third kappa shape index (κ3) is 0.960. The molecule has 0 aromatic heterocycles. The maximum Gasteiger partial charge on any atom is 0.226 e. The SMILES string of the molecule is NC1=NC(O)NC(N)=C1N. The van der Waals surface area contributed by atoms with Gasteiger partial charge in [0.05, 0.1) is 0 Å². The van der Waals surface area contributed by atoms with Crippen LogP contribution in [0.4, 0.5) is 0 Å². The van der Waals surface area contributed by atoms with Gasteiger partial charge >= 0.3 is 0 Å². The fourth-order valence-corrected chi connectivity index (χ4v) is 0.588. The molecule has 6 heteroatoms. The van der Waals surface area contributed by atoms with Gasteiger partial charge < -0.3 is 27.6 Å². The zero-order valence-electron chi connectivity index (χ0n) is 5.20. The number of aliphatic hydroxyl groups is 1. The summed E-state index contributed by atoms with van der Waals surface area (Å²) in [5.41, 5.74) is 16.0. The molecule has 0 spiro atoms. The summed E-state index contributed by atoms with van der Waals surface area (Å²) in [7, 11) is 0. The van der Waals surface area contributed by atoms with E-state index < -0.39 is 6.35 Å². The van der Waals surface area contributed by atoms with Gasteiger partial charge in [0.25, 0.3) is 0 Å². The highest BCUT2D eigenvalue weighted by Gasteiger charge is 2.13. The van der Waals surface area contributed by atoms with Crippen LogP contribution in [0.1, 0.15) is 0 Å². The molecule has 0 radical (unpaired) electrons. The molecule has 8 N–H and O–H groups in total. The summed E-state index contributed by atoms with van der Waals surface area (Å²) in [4.78, 5) is 3.49. The first kappa shape index (κ1) is 6.69. The Balaban J connectivity index is 2.90. The third-order valence-electron chi connectivity index (χ3n) is 1.11. The first-order valence-electron chi connectivity index (χ1n) is 2.64. The number of hydrogen-bond donors (Lipinski definition) is 5. The molecule has 0 saturated carbocycles. The van der Waals surface area contributed by atoms with Gasteiger partial charge in [0.2, 0.25) is 6.35 Å². The van der Waals surface area contributed by atoms with Crippen molar-refractivity contribution in [2.75, 3.05) is 0 Å². The van der Waals surface area contributed by atoms with E-state index in [1.54, 1.807) is 0 Å². The van der Waals surface area contributed by atoms with E-state index in [-0.39, 0.29) is 17.4 Å². The van der Waals surface area contributed by atoms with Crippen molar-refractivity contribution >= 4 is 5.84 Å². The van der Waals surface area contributed by atoms with Crippen LogP contribution in [0.25, 0.3) is 0 Å². The molecule has 0 saturated heterocycles. The van der Waals surface area contributed by atoms with Gasteiger partial charge in [-0.2, -0.15) is 0 Å². The van der Waals surface area contributed by atoms with E-state index in [9.17, 15) is 0 Å². The maximum absolute atomic E-state index is 8.82. The van der Waals surface area contributed by atoms with Gasteiger partial charge in [0.1, 0.15) is 17.4 Å². The van der Waals surface area contributed by atoms with E-state index >= 15 is 0 Å². The van der Waals surface area contributed by atoms with Gasteiger partial charge in [0.15, 0.2) is 0 Å². The second-order valence-electron chi connectivity index (χ2n) is 1.86. The molecule has 0 aromatic carbocycles. The molecular formula is C4H9N5O. The molecule has 0 aromatic rings. The van der Waals surface area contributed by atoms with E-state index in [2.05, 4.69) is 10.3 Å². The summed E-state index contributed by atoms with van der Waals surface area (Å²) >= 11 is 0. The lowest BCUT2D eigenvalue weighted by Crippen LogP contribution is -2.42. The molecule has 1 aliphatic heterocycles. The van der Waals surface area contributed by atoms with E-state index in [1.807, 2.05) is 0 Å². The molecule has 0 aliphatic carbocycles. The summed E-state index contributed by atoms with van der Waals surface area (Å²) in [6, 6.07) is 0. The lowest BCUT2D eigenvalue weighted by molar-refractivity contribution is 0.156. The lowest BCUT2D eigenvalue weighted by Gasteiger charge is -2.17. The molecule has 6 nitrogen and oxygen atoms in total. The predicted molar refractivity (Wildman–Crippen MR) is 36.2 cm³/mol. The number of rotatable bonds is 0. The van der Waals surface area contributed by atoms with Crippen LogP contribution in [0.15, 0.2) is 16.5 Å². The fraction of sp³-hybridized carbons (Fsp3) is 0.250. The largest absolute Gasteiger partial charge is 0.393 e. The van der Waals surface area contributed by atoms with Crippen molar-refractivity contribution in [1.82, 2.24) is 5.32 Å². The summed E-state index contributed by atoms with van der Waals surface area (Å²) in [6.07, 6.45) is -1.08. The quantitative estimate of drug-likeness (QED) is 0.252. The molecule has 1 unspecified atom stereocenters. The average molecular weight is 143 g/mol. The number of aliphatic imine (C=N–C) groups is 1. The minimum Gasteiger partial charge on any atom is -0.393 e. The lowest BCUT2D eigenvalue weighted by atomic mass is 10.4. The van der Waals surface area contributed by atoms with Gasteiger partial charge in [-0.1, -0.05) is 0 Å². The highest BCUT2D eigenvalue weighted by molar-refractivity contribution is 5.97. The number of nitrogens with one attached hydrogen (secondary N) is 1. The number of hydrogen-bond acceptors (Lipinski definition) is 6. The zero-order chi connectivity index (χ0) is 7.72. The Labute approximate surface area is 57.4 Å². The molecule has 0 fully saturated rings. The van der Waals surface area contributed by atoms with E-state index in [0.717, 1.165) is 0 Å². The summed E-state index contributed by atoms with van der Waals surface area (Å²) in [6.45, 7) is 0. The highest BCUT2D eigenvalue weighted by Crippen LogP contribution is 1.97. The molecule has 0 amide bonds. The van der Waals surface area contributed by atoms with Crippen molar-refractivity contribution in [2.45, 2.75) is 6.35 Å². The Hall–Kier alpha value is -1.43. The Morgan fingerprint density at radius 1 is 1.40 bits per heavy atom.